The van der Waals surface area contributed by atoms with Crippen LogP contribution < -0.4 is 5.32 Å². The second kappa shape index (κ2) is 7.41. The van der Waals surface area contributed by atoms with Crippen molar-refractivity contribution in [2.75, 3.05) is 45.1 Å². The number of rotatable bonds is 5. The van der Waals surface area contributed by atoms with E-state index in [1.165, 1.54) is 11.3 Å². The largest absolute Gasteiger partial charge is 0.360 e. The SMILES string of the molecule is CC(C)C(CNc1nc(Cl)c(C#N)s1)N1CCN(C)CC1. The number of piperazine rings is 1. The second-order valence-corrected chi connectivity index (χ2v) is 7.14. The molecule has 1 unspecified atom stereocenters. The number of nitrogens with zero attached hydrogens (tertiary/aromatic N) is 4. The summed E-state index contributed by atoms with van der Waals surface area (Å²) in [5.74, 6) is 0.562. The molecular formula is C14H22ClN5S. The molecule has 0 saturated carbocycles. The van der Waals surface area contributed by atoms with Gasteiger partial charge in [-0.25, -0.2) is 4.98 Å². The molecule has 1 aliphatic heterocycles. The number of nitrogens with one attached hydrogen (secondary N) is 1. The summed E-state index contributed by atoms with van der Waals surface area (Å²) < 4.78 is 0. The molecule has 1 fully saturated rings. The molecule has 0 amide bonds. The minimum absolute atomic E-state index is 0.297. The summed E-state index contributed by atoms with van der Waals surface area (Å²) in [6.07, 6.45) is 0. The van der Waals surface area contributed by atoms with Crippen LogP contribution in [0.3, 0.4) is 0 Å². The monoisotopic (exact) mass is 327 g/mol. The lowest BCUT2D eigenvalue weighted by molar-refractivity contribution is 0.0944. The molecule has 1 aromatic rings. The topological polar surface area (TPSA) is 55.2 Å². The first kappa shape index (κ1) is 16.5. The minimum atomic E-state index is 0.297. The molecule has 0 bridgehead atoms. The average Bonchev–Trinajstić information content (AvgIpc) is 2.81. The molecule has 0 aromatic carbocycles. The van der Waals surface area contributed by atoms with Crippen LogP contribution in [0.25, 0.3) is 0 Å². The fourth-order valence-corrected chi connectivity index (χ4v) is 3.53. The molecule has 0 spiro atoms. The standard InChI is InChI=1S/C14H22ClN5S/c1-10(2)11(20-6-4-19(3)5-7-20)9-17-14-18-13(15)12(8-16)21-14/h10-11H,4-7,9H2,1-3H3,(H,17,18). The third-order valence-electron chi connectivity index (χ3n) is 3.93. The van der Waals surface area contributed by atoms with Crippen LogP contribution in [0.2, 0.25) is 5.15 Å². The van der Waals surface area contributed by atoms with Gasteiger partial charge < -0.3 is 10.2 Å². The summed E-state index contributed by atoms with van der Waals surface area (Å²) in [6, 6.07) is 2.53. The van der Waals surface area contributed by atoms with Gasteiger partial charge in [0.15, 0.2) is 10.3 Å². The van der Waals surface area contributed by atoms with Crippen LogP contribution >= 0.6 is 22.9 Å². The molecule has 1 aliphatic rings. The van der Waals surface area contributed by atoms with E-state index in [-0.39, 0.29) is 0 Å². The van der Waals surface area contributed by atoms with E-state index < -0.39 is 0 Å². The summed E-state index contributed by atoms with van der Waals surface area (Å²) in [6.45, 7) is 9.76. The number of halogens is 1. The van der Waals surface area contributed by atoms with Crippen molar-refractivity contribution in [1.29, 1.82) is 5.26 Å². The van der Waals surface area contributed by atoms with E-state index in [9.17, 15) is 0 Å². The Morgan fingerprint density at radius 1 is 1.38 bits per heavy atom. The van der Waals surface area contributed by atoms with E-state index in [1.807, 2.05) is 0 Å². The van der Waals surface area contributed by atoms with Gasteiger partial charge in [-0.2, -0.15) is 5.26 Å². The normalized spacial score (nSPS) is 18.7. The van der Waals surface area contributed by atoms with E-state index in [0.717, 1.165) is 37.9 Å². The molecule has 116 valence electrons. The number of thiazole rings is 1. The molecule has 1 atom stereocenters. The quantitative estimate of drug-likeness (QED) is 0.899. The van der Waals surface area contributed by atoms with Crippen LogP contribution in [0.5, 0.6) is 0 Å². The minimum Gasteiger partial charge on any atom is -0.360 e. The molecule has 1 saturated heterocycles. The first-order chi connectivity index (χ1) is 10.0. The van der Waals surface area contributed by atoms with Crippen LogP contribution in [-0.2, 0) is 0 Å². The van der Waals surface area contributed by atoms with Crippen molar-refractivity contribution in [1.82, 2.24) is 14.8 Å². The van der Waals surface area contributed by atoms with Crippen LogP contribution in [0.15, 0.2) is 0 Å². The Kier molecular flexibility index (Phi) is 5.82. The highest BCUT2D eigenvalue weighted by Crippen LogP contribution is 2.26. The second-order valence-electron chi connectivity index (χ2n) is 5.78. The molecule has 21 heavy (non-hydrogen) atoms. The zero-order valence-corrected chi connectivity index (χ0v) is 14.3. The lowest BCUT2D eigenvalue weighted by atomic mass is 10.0. The Hall–Kier alpha value is -0.870. The molecule has 0 aliphatic carbocycles. The average molecular weight is 328 g/mol. The van der Waals surface area contributed by atoms with Crippen LogP contribution in [0, 0.1) is 17.2 Å². The van der Waals surface area contributed by atoms with Gasteiger partial charge in [0.1, 0.15) is 10.9 Å². The van der Waals surface area contributed by atoms with E-state index in [1.54, 1.807) is 0 Å². The van der Waals surface area contributed by atoms with Gasteiger partial charge in [-0.15, -0.1) is 0 Å². The third kappa shape index (κ3) is 4.30. The van der Waals surface area contributed by atoms with Gasteiger partial charge in [-0.05, 0) is 13.0 Å². The van der Waals surface area contributed by atoms with Gasteiger partial charge in [0, 0.05) is 38.8 Å². The van der Waals surface area contributed by atoms with Crippen molar-refractivity contribution in [3.05, 3.63) is 10.0 Å². The molecular weight excluding hydrogens is 306 g/mol. The van der Waals surface area contributed by atoms with Crippen molar-refractivity contribution in [2.45, 2.75) is 19.9 Å². The van der Waals surface area contributed by atoms with Crippen molar-refractivity contribution >= 4 is 28.1 Å². The van der Waals surface area contributed by atoms with Crippen LogP contribution in [0.1, 0.15) is 18.7 Å². The summed E-state index contributed by atoms with van der Waals surface area (Å²) in [5, 5.41) is 13.3. The predicted molar refractivity (Wildman–Crippen MR) is 88.0 cm³/mol. The van der Waals surface area contributed by atoms with Crippen molar-refractivity contribution in [2.24, 2.45) is 5.92 Å². The first-order valence-corrected chi connectivity index (χ1v) is 8.43. The summed E-state index contributed by atoms with van der Waals surface area (Å²) in [5.41, 5.74) is 0. The number of anilines is 1. The van der Waals surface area contributed by atoms with Crippen molar-refractivity contribution in [3.8, 4) is 6.07 Å². The predicted octanol–water partition coefficient (Wildman–Crippen LogP) is 2.35. The van der Waals surface area contributed by atoms with Crippen LogP contribution in [0.4, 0.5) is 5.13 Å². The van der Waals surface area contributed by atoms with Crippen molar-refractivity contribution < 1.29 is 0 Å². The number of likely N-dealkylation sites (N-methyl/N-ethyl adjacent to an activating group) is 1. The number of hydrogen-bond donors (Lipinski definition) is 1. The highest BCUT2D eigenvalue weighted by Gasteiger charge is 2.25. The molecule has 0 radical (unpaired) electrons. The fourth-order valence-electron chi connectivity index (χ4n) is 2.58. The first-order valence-electron chi connectivity index (χ1n) is 7.24. The van der Waals surface area contributed by atoms with Gasteiger partial charge >= 0.3 is 0 Å². The Balaban J connectivity index is 1.95. The Morgan fingerprint density at radius 2 is 2.05 bits per heavy atom. The zero-order valence-electron chi connectivity index (χ0n) is 12.8. The molecule has 7 heteroatoms. The van der Waals surface area contributed by atoms with E-state index in [2.05, 4.69) is 47.1 Å². The Bertz CT molecular complexity index is 502. The maximum absolute atomic E-state index is 8.92. The fraction of sp³-hybridized carbons (Fsp3) is 0.714. The Labute approximate surface area is 135 Å². The summed E-state index contributed by atoms with van der Waals surface area (Å²) >= 11 is 7.23. The zero-order chi connectivity index (χ0) is 15.4. The molecule has 1 aromatic heterocycles. The number of aromatic nitrogens is 1. The molecule has 5 nitrogen and oxygen atoms in total. The summed E-state index contributed by atoms with van der Waals surface area (Å²) in [4.78, 5) is 9.57. The van der Waals surface area contributed by atoms with Gasteiger partial charge in [0.05, 0.1) is 0 Å². The summed E-state index contributed by atoms with van der Waals surface area (Å²) in [7, 11) is 2.17. The van der Waals surface area contributed by atoms with Gasteiger partial charge in [0.2, 0.25) is 0 Å². The molecule has 2 heterocycles. The van der Waals surface area contributed by atoms with Crippen LogP contribution in [-0.4, -0.2) is 60.6 Å². The maximum atomic E-state index is 8.92. The highest BCUT2D eigenvalue weighted by molar-refractivity contribution is 7.16. The Morgan fingerprint density at radius 3 is 2.57 bits per heavy atom. The highest BCUT2D eigenvalue weighted by atomic mass is 35.5. The lowest BCUT2D eigenvalue weighted by Crippen LogP contribution is -2.52. The molecule has 1 N–H and O–H groups in total. The van der Waals surface area contributed by atoms with E-state index in [4.69, 9.17) is 16.9 Å². The third-order valence-corrected chi connectivity index (χ3v) is 5.23. The lowest BCUT2D eigenvalue weighted by Gasteiger charge is -2.39. The number of nitriles is 1. The van der Waals surface area contributed by atoms with Gasteiger partial charge in [-0.1, -0.05) is 36.8 Å². The number of hydrogen-bond acceptors (Lipinski definition) is 6. The van der Waals surface area contributed by atoms with E-state index in [0.29, 0.717) is 22.0 Å². The maximum Gasteiger partial charge on any atom is 0.185 e. The smallest absolute Gasteiger partial charge is 0.185 e. The van der Waals surface area contributed by atoms with Crippen molar-refractivity contribution in [3.63, 3.8) is 0 Å². The molecule has 2 rings (SSSR count). The van der Waals surface area contributed by atoms with Gasteiger partial charge in [0.25, 0.3) is 0 Å². The van der Waals surface area contributed by atoms with E-state index >= 15 is 0 Å². The van der Waals surface area contributed by atoms with Gasteiger partial charge in [-0.3, -0.25) is 4.90 Å².